The number of hydrogen-bond donors (Lipinski definition) is 1. The number of rotatable bonds is 6. The number of nitrogens with two attached hydrogens (primary N) is 1. The molecule has 0 fully saturated rings. The van der Waals surface area contributed by atoms with Crippen LogP contribution < -0.4 is 10.5 Å². The molecular weight excluding hydrogens is 307 g/mol. The third-order valence-corrected chi connectivity index (χ3v) is 2.86. The number of carbonyl (C=O) groups excluding carboxylic acids is 1. The summed E-state index contributed by atoms with van der Waals surface area (Å²) in [6.45, 7) is 0.00280. The quantitative estimate of drug-likeness (QED) is 0.288. The Morgan fingerprint density at radius 2 is 1.87 bits per heavy atom. The summed E-state index contributed by atoms with van der Waals surface area (Å²) in [4.78, 5) is 21.9. The second kappa shape index (κ2) is 7.21. The molecule has 0 aliphatic carbocycles. The first kappa shape index (κ1) is 16.2. The van der Waals surface area contributed by atoms with Crippen LogP contribution in [0.25, 0.3) is 0 Å². The number of carbonyl (C=O) groups is 1. The van der Waals surface area contributed by atoms with Crippen LogP contribution in [0.5, 0.6) is 5.75 Å². The lowest BCUT2D eigenvalue weighted by molar-refractivity contribution is -0.383. The maximum absolute atomic E-state index is 12.7. The molecule has 0 aliphatic heterocycles. The third kappa shape index (κ3) is 4.40. The van der Waals surface area contributed by atoms with Gasteiger partial charge in [0.2, 0.25) is 0 Å². The molecule has 0 aliphatic rings. The Bertz CT molecular complexity index is 718. The molecule has 8 heteroatoms. The van der Waals surface area contributed by atoms with Gasteiger partial charge in [-0.05, 0) is 36.4 Å². The van der Waals surface area contributed by atoms with E-state index in [1.807, 2.05) is 0 Å². The molecule has 0 radical (unpaired) electrons. The molecule has 0 amide bonds. The van der Waals surface area contributed by atoms with Crippen molar-refractivity contribution in [3.8, 4) is 5.75 Å². The van der Waals surface area contributed by atoms with Gasteiger partial charge < -0.3 is 15.2 Å². The van der Waals surface area contributed by atoms with Crippen molar-refractivity contribution in [2.24, 2.45) is 0 Å². The largest absolute Gasteiger partial charge is 0.490 e. The molecule has 23 heavy (non-hydrogen) atoms. The monoisotopic (exact) mass is 320 g/mol. The zero-order chi connectivity index (χ0) is 16.8. The van der Waals surface area contributed by atoms with Gasteiger partial charge in [-0.15, -0.1) is 0 Å². The average Bonchev–Trinajstić information content (AvgIpc) is 2.53. The van der Waals surface area contributed by atoms with Crippen molar-refractivity contribution in [2.75, 3.05) is 18.9 Å². The van der Waals surface area contributed by atoms with E-state index >= 15 is 0 Å². The van der Waals surface area contributed by atoms with Crippen LogP contribution in [0.3, 0.4) is 0 Å². The molecule has 2 rings (SSSR count). The van der Waals surface area contributed by atoms with Crippen molar-refractivity contribution in [1.82, 2.24) is 0 Å². The smallest absolute Gasteiger partial charge is 0.338 e. The van der Waals surface area contributed by atoms with Gasteiger partial charge in [-0.2, -0.15) is 0 Å². The van der Waals surface area contributed by atoms with Gasteiger partial charge in [0.1, 0.15) is 30.5 Å². The summed E-state index contributed by atoms with van der Waals surface area (Å²) in [6.07, 6.45) is 0. The molecule has 120 valence electrons. The van der Waals surface area contributed by atoms with Gasteiger partial charge in [0.05, 0.1) is 10.5 Å². The summed E-state index contributed by atoms with van der Waals surface area (Å²) in [5, 5.41) is 10.8. The minimum atomic E-state index is -0.726. The first-order valence-corrected chi connectivity index (χ1v) is 6.57. The second-order valence-electron chi connectivity index (χ2n) is 4.47. The van der Waals surface area contributed by atoms with Gasteiger partial charge in [0.15, 0.2) is 0 Å². The molecule has 0 spiro atoms. The predicted octanol–water partition coefficient (Wildman–Crippen LogP) is 2.55. The van der Waals surface area contributed by atoms with E-state index in [4.69, 9.17) is 15.2 Å². The molecule has 2 N–H and O–H groups in total. The van der Waals surface area contributed by atoms with Crippen LogP contribution in [0.4, 0.5) is 15.8 Å². The van der Waals surface area contributed by atoms with Gasteiger partial charge in [0, 0.05) is 6.07 Å². The van der Waals surface area contributed by atoms with E-state index in [2.05, 4.69) is 0 Å². The Hall–Kier alpha value is -3.16. The number of benzene rings is 2. The molecule has 0 saturated carbocycles. The average molecular weight is 320 g/mol. The van der Waals surface area contributed by atoms with E-state index in [0.29, 0.717) is 5.75 Å². The standard InChI is InChI=1S/C15H13FN2O5/c16-11-2-4-12(5-3-11)22-7-8-23-15(19)10-1-6-13(17)14(9-10)18(20)21/h1-6,9H,7-8,17H2. The van der Waals surface area contributed by atoms with E-state index in [9.17, 15) is 19.3 Å². The Labute approximate surface area is 130 Å². The van der Waals surface area contributed by atoms with Gasteiger partial charge in [0.25, 0.3) is 5.69 Å². The maximum atomic E-state index is 12.7. The fourth-order valence-electron chi connectivity index (χ4n) is 1.74. The lowest BCUT2D eigenvalue weighted by Crippen LogP contribution is -2.12. The molecule has 0 aromatic heterocycles. The Balaban J connectivity index is 1.86. The van der Waals surface area contributed by atoms with E-state index in [0.717, 1.165) is 6.07 Å². The molecule has 7 nitrogen and oxygen atoms in total. The zero-order valence-electron chi connectivity index (χ0n) is 11.9. The molecule has 0 bridgehead atoms. The van der Waals surface area contributed by atoms with Crippen LogP contribution in [0.1, 0.15) is 10.4 Å². The number of hydrogen-bond acceptors (Lipinski definition) is 6. The lowest BCUT2D eigenvalue weighted by atomic mass is 10.2. The van der Waals surface area contributed by atoms with Crippen LogP contribution in [-0.2, 0) is 4.74 Å². The number of nitrogen functional groups attached to an aromatic ring is 1. The summed E-state index contributed by atoms with van der Waals surface area (Å²) in [5.41, 5.74) is 5.07. The van der Waals surface area contributed by atoms with Crippen LogP contribution in [0, 0.1) is 15.9 Å². The Morgan fingerprint density at radius 1 is 1.17 bits per heavy atom. The molecule has 0 saturated heterocycles. The van der Waals surface area contributed by atoms with E-state index < -0.39 is 10.9 Å². The van der Waals surface area contributed by atoms with Crippen LogP contribution in [0.15, 0.2) is 42.5 Å². The van der Waals surface area contributed by atoms with Gasteiger partial charge in [-0.25, -0.2) is 9.18 Å². The van der Waals surface area contributed by atoms with Gasteiger partial charge in [-0.1, -0.05) is 0 Å². The molecule has 0 atom stereocenters. The summed E-state index contributed by atoms with van der Waals surface area (Å²) >= 11 is 0. The highest BCUT2D eigenvalue weighted by molar-refractivity contribution is 5.91. The normalized spacial score (nSPS) is 10.1. The Kier molecular flexibility index (Phi) is 5.08. The molecular formula is C15H13FN2O5. The van der Waals surface area contributed by atoms with Crippen molar-refractivity contribution in [1.29, 1.82) is 0 Å². The highest BCUT2D eigenvalue weighted by Gasteiger charge is 2.16. The minimum Gasteiger partial charge on any atom is -0.490 e. The predicted molar refractivity (Wildman–Crippen MR) is 79.7 cm³/mol. The van der Waals surface area contributed by atoms with Crippen LogP contribution >= 0.6 is 0 Å². The number of esters is 1. The fraction of sp³-hybridized carbons (Fsp3) is 0.133. The molecule has 0 heterocycles. The zero-order valence-corrected chi connectivity index (χ0v) is 11.9. The van der Waals surface area contributed by atoms with Crippen molar-refractivity contribution in [3.05, 3.63) is 64.0 Å². The fourth-order valence-corrected chi connectivity index (χ4v) is 1.74. The van der Waals surface area contributed by atoms with E-state index in [1.165, 1.54) is 36.4 Å². The Morgan fingerprint density at radius 3 is 2.52 bits per heavy atom. The summed E-state index contributed by atoms with van der Waals surface area (Å²) in [7, 11) is 0. The van der Waals surface area contributed by atoms with Crippen molar-refractivity contribution in [2.45, 2.75) is 0 Å². The van der Waals surface area contributed by atoms with Crippen LogP contribution in [0.2, 0.25) is 0 Å². The third-order valence-electron chi connectivity index (χ3n) is 2.86. The number of ether oxygens (including phenoxy) is 2. The molecule has 2 aromatic rings. The molecule has 2 aromatic carbocycles. The number of nitrogens with zero attached hydrogens (tertiary/aromatic N) is 1. The first-order valence-electron chi connectivity index (χ1n) is 6.57. The highest BCUT2D eigenvalue weighted by atomic mass is 19.1. The first-order chi connectivity index (χ1) is 11.0. The summed E-state index contributed by atoms with van der Waals surface area (Å²) < 4.78 is 22.9. The number of nitro groups is 1. The SMILES string of the molecule is Nc1ccc(C(=O)OCCOc2ccc(F)cc2)cc1[N+](=O)[O-]. The number of nitro benzene ring substituents is 1. The van der Waals surface area contributed by atoms with Crippen LogP contribution in [-0.4, -0.2) is 24.1 Å². The number of halogens is 1. The maximum Gasteiger partial charge on any atom is 0.338 e. The van der Waals surface area contributed by atoms with Gasteiger partial charge >= 0.3 is 5.97 Å². The summed E-state index contributed by atoms with van der Waals surface area (Å²) in [6, 6.07) is 9.04. The lowest BCUT2D eigenvalue weighted by Gasteiger charge is -2.07. The van der Waals surface area contributed by atoms with E-state index in [-0.39, 0.29) is 36.0 Å². The number of anilines is 1. The molecule has 0 unspecified atom stereocenters. The van der Waals surface area contributed by atoms with Crippen molar-refractivity contribution >= 4 is 17.3 Å². The second-order valence-corrected chi connectivity index (χ2v) is 4.47. The topological polar surface area (TPSA) is 105 Å². The van der Waals surface area contributed by atoms with E-state index in [1.54, 1.807) is 0 Å². The van der Waals surface area contributed by atoms with Crippen molar-refractivity contribution < 1.29 is 23.6 Å². The minimum absolute atomic E-state index is 0.0210. The summed E-state index contributed by atoms with van der Waals surface area (Å²) in [5.74, 6) is -0.671. The van der Waals surface area contributed by atoms with Crippen molar-refractivity contribution in [3.63, 3.8) is 0 Å². The highest BCUT2D eigenvalue weighted by Crippen LogP contribution is 2.22. The van der Waals surface area contributed by atoms with Gasteiger partial charge in [-0.3, -0.25) is 10.1 Å².